The van der Waals surface area contributed by atoms with Crippen LogP contribution in [0, 0.1) is 12.3 Å². The molecule has 1 heterocycles. The highest BCUT2D eigenvalue weighted by Gasteiger charge is 2.44. The van der Waals surface area contributed by atoms with Gasteiger partial charge in [-0.25, -0.2) is 0 Å². The van der Waals surface area contributed by atoms with Crippen LogP contribution in [-0.2, 0) is 16.0 Å². The SMILES string of the molecule is C#CCCCCCCCCc1cccc(C2OC2C(N)=O)c1. The molecule has 1 saturated heterocycles. The molecule has 0 saturated carbocycles. The number of hydrogen-bond donors (Lipinski definition) is 1. The Morgan fingerprint density at radius 3 is 2.59 bits per heavy atom. The Balaban J connectivity index is 1.64. The average Bonchev–Trinajstić information content (AvgIpc) is 3.31. The van der Waals surface area contributed by atoms with Gasteiger partial charge in [0.1, 0.15) is 6.10 Å². The van der Waals surface area contributed by atoms with Gasteiger partial charge in [-0.1, -0.05) is 49.9 Å². The molecule has 1 aromatic rings. The van der Waals surface area contributed by atoms with Crippen LogP contribution in [0.2, 0.25) is 0 Å². The molecular weight excluding hydrogens is 274 g/mol. The van der Waals surface area contributed by atoms with Gasteiger partial charge in [0.2, 0.25) is 5.91 Å². The lowest BCUT2D eigenvalue weighted by Gasteiger charge is -2.04. The molecule has 118 valence electrons. The van der Waals surface area contributed by atoms with Gasteiger partial charge in [0.15, 0.2) is 6.10 Å². The summed E-state index contributed by atoms with van der Waals surface area (Å²) in [6.07, 6.45) is 14.1. The second-order valence-corrected chi connectivity index (χ2v) is 5.95. The van der Waals surface area contributed by atoms with E-state index in [2.05, 4.69) is 18.1 Å². The van der Waals surface area contributed by atoms with Crippen molar-refractivity contribution in [2.75, 3.05) is 0 Å². The second-order valence-electron chi connectivity index (χ2n) is 5.95. The Bertz CT molecular complexity index is 532. The van der Waals surface area contributed by atoms with Gasteiger partial charge in [-0.05, 0) is 30.4 Å². The third-order valence-corrected chi connectivity index (χ3v) is 4.09. The number of amides is 1. The van der Waals surface area contributed by atoms with Crippen molar-refractivity contribution in [1.82, 2.24) is 0 Å². The summed E-state index contributed by atoms with van der Waals surface area (Å²) in [5, 5.41) is 0. The lowest BCUT2D eigenvalue weighted by Crippen LogP contribution is -2.18. The van der Waals surface area contributed by atoms with Gasteiger partial charge >= 0.3 is 0 Å². The summed E-state index contributed by atoms with van der Waals surface area (Å²) in [6, 6.07) is 8.31. The van der Waals surface area contributed by atoms with Crippen molar-refractivity contribution < 1.29 is 9.53 Å². The third-order valence-electron chi connectivity index (χ3n) is 4.09. The summed E-state index contributed by atoms with van der Waals surface area (Å²) < 4.78 is 5.32. The summed E-state index contributed by atoms with van der Waals surface area (Å²) >= 11 is 0. The van der Waals surface area contributed by atoms with Crippen molar-refractivity contribution in [3.63, 3.8) is 0 Å². The van der Waals surface area contributed by atoms with Gasteiger partial charge in [-0.15, -0.1) is 12.3 Å². The molecular formula is C19H25NO2. The van der Waals surface area contributed by atoms with Crippen molar-refractivity contribution >= 4 is 5.91 Å². The van der Waals surface area contributed by atoms with Crippen LogP contribution in [0.5, 0.6) is 0 Å². The van der Waals surface area contributed by atoms with E-state index in [-0.39, 0.29) is 12.0 Å². The molecule has 0 aromatic heterocycles. The number of ether oxygens (including phenoxy) is 1. The highest BCUT2D eigenvalue weighted by atomic mass is 16.6. The van der Waals surface area contributed by atoms with E-state index in [1.165, 1.54) is 37.7 Å². The van der Waals surface area contributed by atoms with E-state index in [1.807, 2.05) is 12.1 Å². The minimum absolute atomic E-state index is 0.131. The van der Waals surface area contributed by atoms with Crippen molar-refractivity contribution in [2.24, 2.45) is 5.73 Å². The van der Waals surface area contributed by atoms with Crippen LogP contribution >= 0.6 is 0 Å². The number of nitrogens with two attached hydrogens (primary N) is 1. The molecule has 3 nitrogen and oxygen atoms in total. The van der Waals surface area contributed by atoms with E-state index in [0.717, 1.165) is 24.8 Å². The van der Waals surface area contributed by atoms with Gasteiger partial charge < -0.3 is 10.5 Å². The molecule has 2 unspecified atom stereocenters. The van der Waals surface area contributed by atoms with E-state index in [0.29, 0.717) is 0 Å². The first-order valence-corrected chi connectivity index (χ1v) is 8.19. The number of rotatable bonds is 10. The van der Waals surface area contributed by atoms with E-state index in [1.54, 1.807) is 0 Å². The molecule has 1 aliphatic rings. The molecule has 0 aliphatic carbocycles. The third kappa shape index (κ3) is 5.20. The number of epoxide rings is 1. The zero-order valence-corrected chi connectivity index (χ0v) is 13.1. The fourth-order valence-electron chi connectivity index (χ4n) is 2.77. The van der Waals surface area contributed by atoms with E-state index < -0.39 is 6.10 Å². The van der Waals surface area contributed by atoms with Gasteiger partial charge in [0.25, 0.3) is 0 Å². The number of aryl methyl sites for hydroxylation is 1. The lowest BCUT2D eigenvalue weighted by molar-refractivity contribution is -0.119. The van der Waals surface area contributed by atoms with Gasteiger partial charge in [0.05, 0.1) is 0 Å². The molecule has 2 N–H and O–H groups in total. The molecule has 2 atom stereocenters. The largest absolute Gasteiger partial charge is 0.367 e. The van der Waals surface area contributed by atoms with Crippen LogP contribution in [0.3, 0.4) is 0 Å². The number of terminal acetylenes is 1. The summed E-state index contributed by atoms with van der Waals surface area (Å²) in [4.78, 5) is 11.1. The zero-order chi connectivity index (χ0) is 15.8. The van der Waals surface area contributed by atoms with E-state index in [4.69, 9.17) is 16.9 Å². The molecule has 2 rings (SSSR count). The van der Waals surface area contributed by atoms with E-state index in [9.17, 15) is 4.79 Å². The van der Waals surface area contributed by atoms with Crippen LogP contribution in [0.15, 0.2) is 24.3 Å². The van der Waals surface area contributed by atoms with Crippen molar-refractivity contribution in [2.45, 2.75) is 63.6 Å². The summed E-state index contributed by atoms with van der Waals surface area (Å²) in [6.45, 7) is 0. The topological polar surface area (TPSA) is 55.6 Å². The minimum atomic E-state index is -0.432. The van der Waals surface area contributed by atoms with Crippen LogP contribution in [0.25, 0.3) is 0 Å². The normalized spacial score (nSPS) is 19.6. The first-order chi connectivity index (χ1) is 10.7. The lowest BCUT2D eigenvalue weighted by atomic mass is 10.0. The molecule has 1 aliphatic heterocycles. The highest BCUT2D eigenvalue weighted by molar-refractivity contribution is 5.82. The smallest absolute Gasteiger partial charge is 0.249 e. The van der Waals surface area contributed by atoms with Gasteiger partial charge in [-0.2, -0.15) is 0 Å². The number of hydrogen-bond acceptors (Lipinski definition) is 2. The number of primary amides is 1. The first-order valence-electron chi connectivity index (χ1n) is 8.19. The fourth-order valence-corrected chi connectivity index (χ4v) is 2.77. The second kappa shape index (κ2) is 8.60. The van der Waals surface area contributed by atoms with Crippen LogP contribution in [-0.4, -0.2) is 12.0 Å². The van der Waals surface area contributed by atoms with Crippen molar-refractivity contribution in [1.29, 1.82) is 0 Å². The standard InChI is InChI=1S/C19H25NO2/c1-2-3-4-5-6-7-8-9-11-15-12-10-13-16(14-15)17-18(22-17)19(20)21/h1,10,12-14,17-18H,3-9,11H2,(H2,20,21). The Hall–Kier alpha value is -1.79. The molecule has 0 bridgehead atoms. The quantitative estimate of drug-likeness (QED) is 0.408. The molecule has 0 radical (unpaired) electrons. The van der Waals surface area contributed by atoms with Crippen LogP contribution in [0.1, 0.15) is 62.2 Å². The van der Waals surface area contributed by atoms with Gasteiger partial charge in [-0.3, -0.25) is 4.79 Å². The fraction of sp³-hybridized carbons (Fsp3) is 0.526. The maximum Gasteiger partial charge on any atom is 0.249 e. The van der Waals surface area contributed by atoms with E-state index >= 15 is 0 Å². The first kappa shape index (κ1) is 16.6. The van der Waals surface area contributed by atoms with Crippen molar-refractivity contribution in [3.05, 3.63) is 35.4 Å². The monoisotopic (exact) mass is 299 g/mol. The number of benzene rings is 1. The highest BCUT2D eigenvalue weighted by Crippen LogP contribution is 2.38. The Kier molecular flexibility index (Phi) is 6.48. The number of carbonyl (C=O) groups excluding carboxylic acids is 1. The van der Waals surface area contributed by atoms with Crippen molar-refractivity contribution in [3.8, 4) is 12.3 Å². The summed E-state index contributed by atoms with van der Waals surface area (Å²) in [5.74, 6) is 2.31. The maximum atomic E-state index is 11.1. The predicted molar refractivity (Wildman–Crippen MR) is 88.1 cm³/mol. The number of carbonyl (C=O) groups is 1. The zero-order valence-electron chi connectivity index (χ0n) is 13.1. The van der Waals surface area contributed by atoms with Crippen LogP contribution < -0.4 is 5.73 Å². The molecule has 0 spiro atoms. The average molecular weight is 299 g/mol. The Morgan fingerprint density at radius 1 is 1.18 bits per heavy atom. The number of unbranched alkanes of at least 4 members (excludes halogenated alkanes) is 6. The Labute approximate surface area is 133 Å². The minimum Gasteiger partial charge on any atom is -0.367 e. The molecule has 22 heavy (non-hydrogen) atoms. The molecule has 1 fully saturated rings. The maximum absolute atomic E-state index is 11.1. The molecule has 1 amide bonds. The predicted octanol–water partition coefficient (Wildman–Crippen LogP) is 3.52. The Morgan fingerprint density at radius 2 is 1.91 bits per heavy atom. The molecule has 1 aromatic carbocycles. The molecule has 3 heteroatoms. The summed E-state index contributed by atoms with van der Waals surface area (Å²) in [7, 11) is 0. The summed E-state index contributed by atoms with van der Waals surface area (Å²) in [5.41, 5.74) is 7.62. The van der Waals surface area contributed by atoms with Gasteiger partial charge in [0, 0.05) is 6.42 Å². The van der Waals surface area contributed by atoms with Crippen LogP contribution in [0.4, 0.5) is 0 Å².